The number of aromatic nitrogens is 1. The molecule has 0 aliphatic carbocycles. The lowest BCUT2D eigenvalue weighted by Crippen LogP contribution is -2.38. The second-order valence-electron chi connectivity index (χ2n) is 7.61. The van der Waals surface area contributed by atoms with Gasteiger partial charge >= 0.3 is 12.1 Å². The van der Waals surface area contributed by atoms with E-state index in [1.807, 2.05) is 0 Å². The van der Waals surface area contributed by atoms with Crippen LogP contribution in [0.25, 0.3) is 0 Å². The molecule has 1 aromatic carbocycles. The van der Waals surface area contributed by atoms with E-state index >= 15 is 0 Å². The minimum absolute atomic E-state index is 0.374. The summed E-state index contributed by atoms with van der Waals surface area (Å²) in [6, 6.07) is 7.63. The molecule has 0 radical (unpaired) electrons. The fraction of sp³-hybridized carbons (Fsp3) is 0.409. The van der Waals surface area contributed by atoms with Gasteiger partial charge in [0.05, 0.1) is 17.5 Å². The number of nitrogens with zero attached hydrogens (tertiary/aromatic N) is 2. The van der Waals surface area contributed by atoms with Crippen LogP contribution in [0.3, 0.4) is 0 Å². The molecule has 0 bridgehead atoms. The Balaban J connectivity index is 1.42. The molecule has 1 aliphatic heterocycles. The van der Waals surface area contributed by atoms with Crippen LogP contribution in [0.5, 0.6) is 0 Å². The highest BCUT2D eigenvalue weighted by molar-refractivity contribution is 5.81. The van der Waals surface area contributed by atoms with Gasteiger partial charge in [-0.05, 0) is 49.6 Å². The van der Waals surface area contributed by atoms with Crippen molar-refractivity contribution in [3.05, 3.63) is 59.5 Å². The number of carbonyl (C=O) groups is 2. The van der Waals surface area contributed by atoms with Gasteiger partial charge in [0.15, 0.2) is 6.61 Å². The SMILES string of the molecule is C[C@H](NC(=O)COC(=O)C1CCN(c2ccc(C(F)(F)F)cn2)CC1)c1ccc(F)cc1. The van der Waals surface area contributed by atoms with Gasteiger partial charge in [0, 0.05) is 19.3 Å². The highest BCUT2D eigenvalue weighted by Gasteiger charge is 2.32. The summed E-state index contributed by atoms with van der Waals surface area (Å²) in [5, 5.41) is 2.68. The van der Waals surface area contributed by atoms with Gasteiger partial charge in [0.25, 0.3) is 5.91 Å². The molecule has 1 fully saturated rings. The van der Waals surface area contributed by atoms with Crippen molar-refractivity contribution in [3.8, 4) is 0 Å². The van der Waals surface area contributed by atoms with Crippen LogP contribution < -0.4 is 10.2 Å². The molecule has 32 heavy (non-hydrogen) atoms. The van der Waals surface area contributed by atoms with Gasteiger partial charge in [-0.1, -0.05) is 12.1 Å². The molecule has 1 amide bonds. The Morgan fingerprint density at radius 3 is 2.38 bits per heavy atom. The third kappa shape index (κ3) is 6.18. The number of nitrogens with one attached hydrogen (secondary N) is 1. The van der Waals surface area contributed by atoms with E-state index in [-0.39, 0.29) is 11.9 Å². The van der Waals surface area contributed by atoms with Gasteiger partial charge in [0.1, 0.15) is 11.6 Å². The Morgan fingerprint density at radius 1 is 1.16 bits per heavy atom. The topological polar surface area (TPSA) is 71.5 Å². The second-order valence-corrected chi connectivity index (χ2v) is 7.61. The summed E-state index contributed by atoms with van der Waals surface area (Å²) in [6.45, 7) is 2.18. The summed E-state index contributed by atoms with van der Waals surface area (Å²) in [6.07, 6.45) is -2.77. The molecule has 3 rings (SSSR count). The number of amides is 1. The van der Waals surface area contributed by atoms with Gasteiger partial charge < -0.3 is 15.0 Å². The van der Waals surface area contributed by atoms with Crippen molar-refractivity contribution in [1.29, 1.82) is 0 Å². The van der Waals surface area contributed by atoms with E-state index in [0.29, 0.717) is 31.7 Å². The van der Waals surface area contributed by atoms with Gasteiger partial charge in [-0.15, -0.1) is 0 Å². The van der Waals surface area contributed by atoms with Crippen molar-refractivity contribution < 1.29 is 31.9 Å². The van der Waals surface area contributed by atoms with Crippen LogP contribution in [-0.2, 0) is 20.5 Å². The molecule has 2 aromatic rings. The summed E-state index contributed by atoms with van der Waals surface area (Å²) in [5.41, 5.74) is -0.0953. The average molecular weight is 453 g/mol. The maximum Gasteiger partial charge on any atom is 0.417 e. The van der Waals surface area contributed by atoms with E-state index in [0.717, 1.165) is 17.8 Å². The molecule has 1 aliphatic rings. The lowest BCUT2D eigenvalue weighted by atomic mass is 9.97. The standard InChI is InChI=1S/C22H23F4N3O3/c1-14(15-2-5-18(23)6-3-15)28-20(30)13-32-21(31)16-8-10-29(11-9-16)19-7-4-17(12-27-19)22(24,25)26/h2-7,12,14,16H,8-11,13H2,1H3,(H,28,30)/t14-/m0/s1. The Labute approximate surface area is 182 Å². The molecule has 0 unspecified atom stereocenters. The van der Waals surface area contributed by atoms with Crippen LogP contribution in [0.2, 0.25) is 0 Å². The number of esters is 1. The summed E-state index contributed by atoms with van der Waals surface area (Å²) in [5.74, 6) is -1.32. The minimum atomic E-state index is -4.44. The van der Waals surface area contributed by atoms with E-state index in [9.17, 15) is 27.2 Å². The zero-order valence-corrected chi connectivity index (χ0v) is 17.4. The Bertz CT molecular complexity index is 925. The van der Waals surface area contributed by atoms with Crippen molar-refractivity contribution in [1.82, 2.24) is 10.3 Å². The first-order valence-corrected chi connectivity index (χ1v) is 10.1. The Kier molecular flexibility index (Phi) is 7.32. The average Bonchev–Trinajstić information content (AvgIpc) is 2.77. The molecule has 1 saturated heterocycles. The van der Waals surface area contributed by atoms with E-state index in [2.05, 4.69) is 10.3 Å². The van der Waals surface area contributed by atoms with E-state index in [1.165, 1.54) is 18.2 Å². The zero-order chi connectivity index (χ0) is 23.3. The molecular weight excluding hydrogens is 430 g/mol. The van der Waals surface area contributed by atoms with Crippen LogP contribution >= 0.6 is 0 Å². The smallest absolute Gasteiger partial charge is 0.417 e. The highest BCUT2D eigenvalue weighted by atomic mass is 19.4. The minimum Gasteiger partial charge on any atom is -0.455 e. The number of anilines is 1. The number of halogens is 4. The summed E-state index contributed by atoms with van der Waals surface area (Å²) >= 11 is 0. The number of rotatable bonds is 6. The lowest BCUT2D eigenvalue weighted by Gasteiger charge is -2.31. The number of ether oxygens (including phenoxy) is 1. The first kappa shape index (κ1) is 23.5. The summed E-state index contributed by atoms with van der Waals surface area (Å²) in [7, 11) is 0. The van der Waals surface area contributed by atoms with E-state index in [4.69, 9.17) is 4.74 Å². The third-order valence-electron chi connectivity index (χ3n) is 5.32. The monoisotopic (exact) mass is 453 g/mol. The van der Waals surface area contributed by atoms with Crippen LogP contribution in [0.15, 0.2) is 42.6 Å². The Hall–Kier alpha value is -3.17. The highest BCUT2D eigenvalue weighted by Crippen LogP contribution is 2.30. The lowest BCUT2D eigenvalue weighted by molar-refractivity contribution is -0.153. The first-order valence-electron chi connectivity index (χ1n) is 10.1. The molecule has 6 nitrogen and oxygen atoms in total. The summed E-state index contributed by atoms with van der Waals surface area (Å²) in [4.78, 5) is 30.0. The van der Waals surface area contributed by atoms with Gasteiger partial charge in [-0.25, -0.2) is 9.37 Å². The van der Waals surface area contributed by atoms with Crippen molar-refractivity contribution >= 4 is 17.7 Å². The number of alkyl halides is 3. The fourth-order valence-electron chi connectivity index (χ4n) is 3.46. The number of hydrogen-bond acceptors (Lipinski definition) is 5. The molecule has 2 heterocycles. The largest absolute Gasteiger partial charge is 0.455 e. The number of benzene rings is 1. The van der Waals surface area contributed by atoms with Crippen LogP contribution in [0.1, 0.15) is 36.9 Å². The second kappa shape index (κ2) is 9.97. The maximum atomic E-state index is 13.0. The maximum absolute atomic E-state index is 13.0. The number of pyridine rings is 1. The molecule has 1 aromatic heterocycles. The predicted octanol–water partition coefficient (Wildman–Crippen LogP) is 3.88. The van der Waals surface area contributed by atoms with Gasteiger partial charge in [-0.2, -0.15) is 13.2 Å². The fourth-order valence-corrected chi connectivity index (χ4v) is 3.46. The van der Waals surface area contributed by atoms with Crippen LogP contribution in [0.4, 0.5) is 23.4 Å². The van der Waals surface area contributed by atoms with Crippen molar-refractivity contribution in [2.75, 3.05) is 24.6 Å². The molecule has 1 atom stereocenters. The van der Waals surface area contributed by atoms with Gasteiger partial charge in [-0.3, -0.25) is 9.59 Å². The predicted molar refractivity (Wildman–Crippen MR) is 108 cm³/mol. The molecule has 1 N–H and O–H groups in total. The van der Waals surface area contributed by atoms with Crippen molar-refractivity contribution in [2.45, 2.75) is 32.0 Å². The molecular formula is C22H23F4N3O3. The first-order chi connectivity index (χ1) is 15.1. The quantitative estimate of drug-likeness (QED) is 0.531. The number of carbonyl (C=O) groups excluding carboxylic acids is 2. The summed E-state index contributed by atoms with van der Waals surface area (Å²) < 4.78 is 56.1. The third-order valence-corrected chi connectivity index (χ3v) is 5.32. The van der Waals surface area contributed by atoms with Crippen LogP contribution in [0, 0.1) is 11.7 Å². The van der Waals surface area contributed by atoms with Crippen LogP contribution in [-0.4, -0.2) is 36.6 Å². The Morgan fingerprint density at radius 2 is 1.81 bits per heavy atom. The molecule has 10 heteroatoms. The van der Waals surface area contributed by atoms with E-state index in [1.54, 1.807) is 24.0 Å². The number of hydrogen-bond donors (Lipinski definition) is 1. The molecule has 0 spiro atoms. The molecule has 0 saturated carbocycles. The number of piperidine rings is 1. The van der Waals surface area contributed by atoms with E-state index < -0.39 is 36.1 Å². The zero-order valence-electron chi connectivity index (χ0n) is 17.4. The normalized spacial score (nSPS) is 15.8. The van der Waals surface area contributed by atoms with Crippen molar-refractivity contribution in [2.24, 2.45) is 5.92 Å². The van der Waals surface area contributed by atoms with Crippen molar-refractivity contribution in [3.63, 3.8) is 0 Å². The van der Waals surface area contributed by atoms with Gasteiger partial charge in [0.2, 0.25) is 0 Å². The molecule has 172 valence electrons.